The second kappa shape index (κ2) is 7.40. The minimum Gasteiger partial charge on any atom is -0.455 e. The summed E-state index contributed by atoms with van der Waals surface area (Å²) >= 11 is 0. The van der Waals surface area contributed by atoms with Crippen molar-refractivity contribution in [3.05, 3.63) is 35.6 Å². The number of rotatable bonds is 5. The quantitative estimate of drug-likeness (QED) is 0.513. The van der Waals surface area contributed by atoms with Gasteiger partial charge in [-0.3, -0.25) is 25.2 Å². The van der Waals surface area contributed by atoms with E-state index in [0.717, 1.165) is 38.2 Å². The molecule has 4 bridgehead atoms. The van der Waals surface area contributed by atoms with E-state index in [9.17, 15) is 23.9 Å². The van der Waals surface area contributed by atoms with Gasteiger partial charge in [-0.1, -0.05) is 12.1 Å². The van der Waals surface area contributed by atoms with Crippen LogP contribution >= 0.6 is 0 Å². The van der Waals surface area contributed by atoms with Crippen molar-refractivity contribution in [3.8, 4) is 0 Å². The van der Waals surface area contributed by atoms with Crippen molar-refractivity contribution in [2.45, 2.75) is 50.5 Å². The average molecular weight is 404 g/mol. The molecule has 4 saturated carbocycles. The van der Waals surface area contributed by atoms with Gasteiger partial charge in [-0.2, -0.15) is 0 Å². The van der Waals surface area contributed by atoms with Crippen LogP contribution in [0.5, 0.6) is 0 Å². The molecule has 0 aliphatic heterocycles. The van der Waals surface area contributed by atoms with Crippen LogP contribution in [0.4, 0.5) is 4.39 Å². The van der Waals surface area contributed by atoms with Crippen molar-refractivity contribution in [3.63, 3.8) is 0 Å². The summed E-state index contributed by atoms with van der Waals surface area (Å²) in [5.41, 5.74) is 3.11. The van der Waals surface area contributed by atoms with Crippen LogP contribution in [0.15, 0.2) is 24.3 Å². The SMILES string of the molecule is O=C(COC(=O)CC12CC3CC(CC(O)(C3)C1)C2)NNC(=O)c1ccccc1F. The highest BCUT2D eigenvalue weighted by molar-refractivity contribution is 5.95. The fourth-order valence-electron chi connectivity index (χ4n) is 5.99. The molecule has 7 nitrogen and oxygen atoms in total. The highest BCUT2D eigenvalue weighted by Gasteiger charge is 2.57. The predicted octanol–water partition coefficient (Wildman–Crippen LogP) is 1.85. The largest absolute Gasteiger partial charge is 0.455 e. The number of aliphatic hydroxyl groups is 1. The monoisotopic (exact) mass is 404 g/mol. The average Bonchev–Trinajstić information content (AvgIpc) is 2.62. The number of amides is 2. The van der Waals surface area contributed by atoms with Crippen LogP contribution in [0.1, 0.15) is 55.3 Å². The number of carbonyl (C=O) groups excluding carboxylic acids is 3. The number of hydrazine groups is 1. The van der Waals surface area contributed by atoms with Gasteiger partial charge in [-0.15, -0.1) is 0 Å². The Morgan fingerprint density at radius 3 is 2.45 bits per heavy atom. The molecule has 4 aliphatic carbocycles. The number of benzene rings is 1. The van der Waals surface area contributed by atoms with Crippen LogP contribution in [-0.2, 0) is 14.3 Å². The first-order chi connectivity index (χ1) is 13.8. The lowest BCUT2D eigenvalue weighted by atomic mass is 9.47. The lowest BCUT2D eigenvalue weighted by Crippen LogP contribution is -2.56. The molecule has 0 radical (unpaired) electrons. The Kier molecular flexibility index (Phi) is 5.06. The van der Waals surface area contributed by atoms with Gasteiger partial charge in [0.1, 0.15) is 5.82 Å². The third kappa shape index (κ3) is 4.27. The van der Waals surface area contributed by atoms with Gasteiger partial charge in [0.05, 0.1) is 17.6 Å². The van der Waals surface area contributed by atoms with Crippen molar-refractivity contribution >= 4 is 17.8 Å². The second-order valence-electron chi connectivity index (χ2n) is 9.00. The molecule has 2 atom stereocenters. The van der Waals surface area contributed by atoms with E-state index >= 15 is 0 Å². The van der Waals surface area contributed by atoms with E-state index in [4.69, 9.17) is 4.74 Å². The van der Waals surface area contributed by atoms with Gasteiger partial charge < -0.3 is 9.84 Å². The maximum Gasteiger partial charge on any atom is 0.306 e. The summed E-state index contributed by atoms with van der Waals surface area (Å²) in [7, 11) is 0. The molecule has 8 heteroatoms. The molecule has 0 saturated heterocycles. The van der Waals surface area contributed by atoms with Crippen molar-refractivity contribution in [1.82, 2.24) is 10.9 Å². The van der Waals surface area contributed by atoms with Crippen LogP contribution in [0, 0.1) is 23.1 Å². The molecule has 1 aromatic rings. The highest BCUT2D eigenvalue weighted by Crippen LogP contribution is 2.62. The molecule has 0 spiro atoms. The summed E-state index contributed by atoms with van der Waals surface area (Å²) in [6, 6.07) is 5.38. The van der Waals surface area contributed by atoms with E-state index in [-0.39, 0.29) is 17.4 Å². The standard InChI is InChI=1S/C21H25FN2O5/c22-16-4-2-1-3-15(16)19(27)24-23-17(25)11-29-18(26)10-20-6-13-5-14(7-20)9-21(28,8-13)12-20/h1-4,13-14,28H,5-12H2,(H,23,25)(H,24,27). The molecular formula is C21H25FN2O5. The Bertz CT molecular complexity index is 828. The van der Waals surface area contributed by atoms with Crippen LogP contribution in [-0.4, -0.2) is 35.1 Å². The summed E-state index contributed by atoms with van der Waals surface area (Å²) in [6.07, 6.45) is 5.43. The van der Waals surface area contributed by atoms with E-state index in [1.807, 2.05) is 0 Å². The lowest BCUT2D eigenvalue weighted by Gasteiger charge is -2.60. The highest BCUT2D eigenvalue weighted by atomic mass is 19.1. The Labute approximate surface area is 168 Å². The topological polar surface area (TPSA) is 105 Å². The minimum atomic E-state index is -0.801. The summed E-state index contributed by atoms with van der Waals surface area (Å²) < 4.78 is 18.6. The normalized spacial score (nSPS) is 31.9. The molecule has 156 valence electrons. The third-order valence-corrected chi connectivity index (χ3v) is 6.47. The Hall–Kier alpha value is -2.48. The first-order valence-corrected chi connectivity index (χ1v) is 9.98. The molecule has 0 heterocycles. The molecule has 3 N–H and O–H groups in total. The maximum atomic E-state index is 13.5. The molecule has 4 aliphatic rings. The number of nitrogens with one attached hydrogen (secondary N) is 2. The molecule has 2 unspecified atom stereocenters. The fraction of sp³-hybridized carbons (Fsp3) is 0.571. The maximum absolute atomic E-state index is 13.5. The minimum absolute atomic E-state index is 0.192. The van der Waals surface area contributed by atoms with E-state index in [1.165, 1.54) is 18.2 Å². The molecule has 1 aromatic carbocycles. The molecule has 2 amide bonds. The van der Waals surface area contributed by atoms with Gasteiger partial charge in [0.25, 0.3) is 11.8 Å². The zero-order valence-corrected chi connectivity index (χ0v) is 16.1. The smallest absolute Gasteiger partial charge is 0.306 e. The summed E-state index contributed by atoms with van der Waals surface area (Å²) in [5, 5.41) is 10.8. The van der Waals surface area contributed by atoms with Crippen molar-refractivity contribution in [2.75, 3.05) is 6.61 Å². The van der Waals surface area contributed by atoms with Gasteiger partial charge in [-0.05, 0) is 67.9 Å². The fourth-order valence-corrected chi connectivity index (χ4v) is 5.99. The van der Waals surface area contributed by atoms with Crippen molar-refractivity contribution < 1.29 is 28.6 Å². The number of ether oxygens (including phenoxy) is 1. The molecule has 29 heavy (non-hydrogen) atoms. The van der Waals surface area contributed by atoms with E-state index in [2.05, 4.69) is 10.9 Å². The van der Waals surface area contributed by atoms with Gasteiger partial charge in [0.2, 0.25) is 0 Å². The number of hydrogen-bond donors (Lipinski definition) is 3. The number of esters is 1. The summed E-state index contributed by atoms with van der Waals surface area (Å²) in [4.78, 5) is 36.0. The van der Waals surface area contributed by atoms with Crippen LogP contribution in [0.25, 0.3) is 0 Å². The van der Waals surface area contributed by atoms with E-state index in [1.54, 1.807) is 0 Å². The van der Waals surface area contributed by atoms with E-state index in [0.29, 0.717) is 18.3 Å². The Morgan fingerprint density at radius 2 is 1.79 bits per heavy atom. The first-order valence-electron chi connectivity index (χ1n) is 9.98. The third-order valence-electron chi connectivity index (χ3n) is 6.47. The second-order valence-corrected chi connectivity index (χ2v) is 9.00. The van der Waals surface area contributed by atoms with Crippen molar-refractivity contribution in [2.24, 2.45) is 17.3 Å². The summed E-state index contributed by atoms with van der Waals surface area (Å²) in [6.45, 7) is -0.538. The Balaban J connectivity index is 1.23. The van der Waals surface area contributed by atoms with Crippen LogP contribution in [0.3, 0.4) is 0 Å². The van der Waals surface area contributed by atoms with Gasteiger partial charge in [0, 0.05) is 0 Å². The number of halogens is 1. The van der Waals surface area contributed by atoms with Gasteiger partial charge in [0.15, 0.2) is 6.61 Å². The predicted molar refractivity (Wildman–Crippen MR) is 99.6 cm³/mol. The molecular weight excluding hydrogens is 379 g/mol. The molecule has 4 fully saturated rings. The molecule has 0 aromatic heterocycles. The first kappa shape index (κ1) is 19.8. The number of hydrogen-bond acceptors (Lipinski definition) is 5. The zero-order chi connectivity index (χ0) is 20.6. The van der Waals surface area contributed by atoms with Crippen molar-refractivity contribution in [1.29, 1.82) is 0 Å². The number of carbonyl (C=O) groups is 3. The lowest BCUT2D eigenvalue weighted by molar-refractivity contribution is -0.177. The van der Waals surface area contributed by atoms with E-state index < -0.39 is 35.8 Å². The van der Waals surface area contributed by atoms with Gasteiger partial charge in [-0.25, -0.2) is 4.39 Å². The van der Waals surface area contributed by atoms with Gasteiger partial charge >= 0.3 is 5.97 Å². The zero-order valence-electron chi connectivity index (χ0n) is 16.1. The Morgan fingerprint density at radius 1 is 1.10 bits per heavy atom. The summed E-state index contributed by atoms with van der Waals surface area (Å²) in [5.74, 6) is -1.78. The van der Waals surface area contributed by atoms with Crippen LogP contribution < -0.4 is 10.9 Å². The molecule has 5 rings (SSSR count). The van der Waals surface area contributed by atoms with Crippen LogP contribution in [0.2, 0.25) is 0 Å².